The van der Waals surface area contributed by atoms with Crippen LogP contribution in [0.25, 0.3) is 6.08 Å². The average molecular weight is 303 g/mol. The highest BCUT2D eigenvalue weighted by Crippen LogP contribution is 2.22. The van der Waals surface area contributed by atoms with Crippen molar-refractivity contribution >= 4 is 23.6 Å². The van der Waals surface area contributed by atoms with Crippen LogP contribution in [0, 0.1) is 0 Å². The van der Waals surface area contributed by atoms with Crippen molar-refractivity contribution in [3.63, 3.8) is 0 Å². The van der Waals surface area contributed by atoms with Gasteiger partial charge < -0.3 is 20.3 Å². The number of hydrogen-bond acceptors (Lipinski definition) is 4. The first-order chi connectivity index (χ1) is 10.5. The van der Waals surface area contributed by atoms with Crippen LogP contribution in [0.4, 0.5) is 5.69 Å². The molecule has 1 aliphatic heterocycles. The van der Waals surface area contributed by atoms with Gasteiger partial charge in [0.1, 0.15) is 5.75 Å². The number of piperazine rings is 1. The van der Waals surface area contributed by atoms with Crippen LogP contribution in [0.5, 0.6) is 5.75 Å². The molecular weight excluding hydrogens is 282 g/mol. The molecule has 1 heterocycles. The van der Waals surface area contributed by atoms with Crippen LogP contribution in [0.1, 0.15) is 12.5 Å². The number of methoxy groups -OCH3 is 1. The Labute approximate surface area is 130 Å². The highest BCUT2D eigenvalue weighted by molar-refractivity contribution is 5.92. The zero-order chi connectivity index (χ0) is 16.1. The Bertz CT molecular complexity index is 590. The van der Waals surface area contributed by atoms with Crippen molar-refractivity contribution < 1.29 is 14.3 Å². The summed E-state index contributed by atoms with van der Waals surface area (Å²) >= 11 is 0. The smallest absolute Gasteiger partial charge is 0.246 e. The van der Waals surface area contributed by atoms with Crippen molar-refractivity contribution in [1.29, 1.82) is 0 Å². The van der Waals surface area contributed by atoms with Gasteiger partial charge in [0.2, 0.25) is 11.8 Å². The molecule has 2 amide bonds. The van der Waals surface area contributed by atoms with Gasteiger partial charge in [0.05, 0.1) is 12.8 Å². The number of rotatable bonds is 3. The molecular formula is C16H21N3O3. The van der Waals surface area contributed by atoms with Gasteiger partial charge in [0.25, 0.3) is 0 Å². The molecule has 1 aromatic rings. The fraction of sp³-hybridized carbons (Fsp3) is 0.375. The third kappa shape index (κ3) is 3.78. The molecule has 0 aromatic heterocycles. The van der Waals surface area contributed by atoms with Crippen molar-refractivity contribution in [2.75, 3.05) is 39.0 Å². The number of hydrogen-bond donors (Lipinski definition) is 1. The summed E-state index contributed by atoms with van der Waals surface area (Å²) in [5.74, 6) is 0.609. The van der Waals surface area contributed by atoms with Gasteiger partial charge in [-0.15, -0.1) is 0 Å². The van der Waals surface area contributed by atoms with Gasteiger partial charge in [-0.3, -0.25) is 9.59 Å². The Morgan fingerprint density at radius 2 is 1.82 bits per heavy atom. The lowest BCUT2D eigenvalue weighted by molar-refractivity contribution is -0.135. The van der Waals surface area contributed by atoms with Gasteiger partial charge in [-0.05, 0) is 23.8 Å². The van der Waals surface area contributed by atoms with Crippen LogP contribution < -0.4 is 10.5 Å². The molecule has 0 aliphatic carbocycles. The Morgan fingerprint density at radius 1 is 1.18 bits per heavy atom. The molecule has 0 spiro atoms. The minimum Gasteiger partial charge on any atom is -0.495 e. The molecule has 0 unspecified atom stereocenters. The Morgan fingerprint density at radius 3 is 2.36 bits per heavy atom. The molecule has 2 N–H and O–H groups in total. The second-order valence-corrected chi connectivity index (χ2v) is 5.17. The monoisotopic (exact) mass is 303 g/mol. The second kappa shape index (κ2) is 6.98. The Hall–Kier alpha value is -2.50. The molecule has 0 radical (unpaired) electrons. The van der Waals surface area contributed by atoms with E-state index in [0.29, 0.717) is 37.6 Å². The van der Waals surface area contributed by atoms with E-state index in [9.17, 15) is 9.59 Å². The van der Waals surface area contributed by atoms with E-state index in [2.05, 4.69) is 0 Å². The summed E-state index contributed by atoms with van der Waals surface area (Å²) in [5, 5.41) is 0. The van der Waals surface area contributed by atoms with Crippen LogP contribution in [0.2, 0.25) is 0 Å². The summed E-state index contributed by atoms with van der Waals surface area (Å²) in [6, 6.07) is 5.37. The third-order valence-electron chi connectivity index (χ3n) is 3.71. The number of amides is 2. The quantitative estimate of drug-likeness (QED) is 0.667. The van der Waals surface area contributed by atoms with E-state index < -0.39 is 0 Å². The highest BCUT2D eigenvalue weighted by Gasteiger charge is 2.20. The standard InChI is InChI=1S/C16H21N3O3/c1-12(20)18-7-9-19(10-8-18)16(21)6-4-13-3-5-15(22-2)14(17)11-13/h3-6,11H,7-10,17H2,1-2H3/b6-4+. The van der Waals surface area contributed by atoms with Gasteiger partial charge in [0, 0.05) is 39.2 Å². The summed E-state index contributed by atoms with van der Waals surface area (Å²) in [4.78, 5) is 26.9. The van der Waals surface area contributed by atoms with Crippen LogP contribution in [-0.2, 0) is 9.59 Å². The molecule has 0 saturated carbocycles. The maximum atomic E-state index is 12.1. The predicted molar refractivity (Wildman–Crippen MR) is 85.3 cm³/mol. The molecule has 22 heavy (non-hydrogen) atoms. The first-order valence-electron chi connectivity index (χ1n) is 7.17. The van der Waals surface area contributed by atoms with Gasteiger partial charge in [-0.2, -0.15) is 0 Å². The van der Waals surface area contributed by atoms with E-state index in [1.807, 2.05) is 6.07 Å². The molecule has 0 bridgehead atoms. The number of nitrogen functional groups attached to an aromatic ring is 1. The van der Waals surface area contributed by atoms with E-state index in [1.54, 1.807) is 42.0 Å². The normalized spacial score (nSPS) is 15.2. The molecule has 1 saturated heterocycles. The molecule has 2 rings (SSSR count). The SMILES string of the molecule is COc1ccc(/C=C/C(=O)N2CCN(C(C)=O)CC2)cc1N. The minimum absolute atomic E-state index is 0.0522. The maximum absolute atomic E-state index is 12.1. The lowest BCUT2D eigenvalue weighted by Gasteiger charge is -2.33. The number of benzene rings is 1. The van der Waals surface area contributed by atoms with E-state index in [4.69, 9.17) is 10.5 Å². The summed E-state index contributed by atoms with van der Waals surface area (Å²) < 4.78 is 5.09. The lowest BCUT2D eigenvalue weighted by atomic mass is 10.1. The van der Waals surface area contributed by atoms with Crippen molar-refractivity contribution in [1.82, 2.24) is 9.80 Å². The van der Waals surface area contributed by atoms with Gasteiger partial charge in [0.15, 0.2) is 0 Å². The number of anilines is 1. The number of carbonyl (C=O) groups excluding carboxylic acids is 2. The minimum atomic E-state index is -0.0578. The van der Waals surface area contributed by atoms with Crippen molar-refractivity contribution in [3.05, 3.63) is 29.8 Å². The number of ether oxygens (including phenoxy) is 1. The van der Waals surface area contributed by atoms with Crippen LogP contribution >= 0.6 is 0 Å². The second-order valence-electron chi connectivity index (χ2n) is 5.17. The molecule has 118 valence electrons. The van der Waals surface area contributed by atoms with Gasteiger partial charge >= 0.3 is 0 Å². The zero-order valence-electron chi connectivity index (χ0n) is 12.9. The summed E-state index contributed by atoms with van der Waals surface area (Å²) in [6.45, 7) is 3.85. The highest BCUT2D eigenvalue weighted by atomic mass is 16.5. The van der Waals surface area contributed by atoms with E-state index >= 15 is 0 Å². The number of nitrogens with zero attached hydrogens (tertiary/aromatic N) is 2. The summed E-state index contributed by atoms with van der Waals surface area (Å²) in [7, 11) is 1.56. The average Bonchev–Trinajstić information content (AvgIpc) is 2.52. The number of nitrogens with two attached hydrogens (primary N) is 1. The topological polar surface area (TPSA) is 75.9 Å². The Balaban J connectivity index is 1.94. The van der Waals surface area contributed by atoms with Crippen LogP contribution in [0.3, 0.4) is 0 Å². The van der Waals surface area contributed by atoms with E-state index in [0.717, 1.165) is 5.56 Å². The van der Waals surface area contributed by atoms with E-state index in [1.165, 1.54) is 6.08 Å². The van der Waals surface area contributed by atoms with Crippen molar-refractivity contribution in [3.8, 4) is 5.75 Å². The summed E-state index contributed by atoms with van der Waals surface area (Å²) in [6.07, 6.45) is 3.26. The zero-order valence-corrected chi connectivity index (χ0v) is 12.9. The molecule has 6 nitrogen and oxygen atoms in total. The first-order valence-corrected chi connectivity index (χ1v) is 7.17. The van der Waals surface area contributed by atoms with Crippen LogP contribution in [0.15, 0.2) is 24.3 Å². The lowest BCUT2D eigenvalue weighted by Crippen LogP contribution is -2.49. The van der Waals surface area contributed by atoms with Crippen molar-refractivity contribution in [2.45, 2.75) is 6.92 Å². The molecule has 1 fully saturated rings. The van der Waals surface area contributed by atoms with Crippen molar-refractivity contribution in [2.24, 2.45) is 0 Å². The van der Waals surface area contributed by atoms with E-state index in [-0.39, 0.29) is 11.8 Å². The molecule has 0 atom stereocenters. The molecule has 1 aliphatic rings. The Kier molecular flexibility index (Phi) is 5.04. The molecule has 6 heteroatoms. The summed E-state index contributed by atoms with van der Waals surface area (Å²) in [5.41, 5.74) is 7.21. The number of carbonyl (C=O) groups is 2. The predicted octanol–water partition coefficient (Wildman–Crippen LogP) is 0.981. The van der Waals surface area contributed by atoms with Crippen LogP contribution in [-0.4, -0.2) is 54.9 Å². The maximum Gasteiger partial charge on any atom is 0.246 e. The third-order valence-corrected chi connectivity index (χ3v) is 3.71. The largest absolute Gasteiger partial charge is 0.495 e. The van der Waals surface area contributed by atoms with Gasteiger partial charge in [-0.25, -0.2) is 0 Å². The fourth-order valence-electron chi connectivity index (χ4n) is 2.37. The fourth-order valence-corrected chi connectivity index (χ4v) is 2.37. The molecule has 1 aromatic carbocycles. The first kappa shape index (κ1) is 15.9. The van der Waals surface area contributed by atoms with Gasteiger partial charge in [-0.1, -0.05) is 6.07 Å².